The van der Waals surface area contributed by atoms with E-state index in [9.17, 15) is 13.9 Å². The number of aromatic hydroxyl groups is 1. The van der Waals surface area contributed by atoms with Crippen molar-refractivity contribution in [2.75, 3.05) is 5.32 Å². The van der Waals surface area contributed by atoms with E-state index in [1.54, 1.807) is 19.1 Å². The van der Waals surface area contributed by atoms with Crippen LogP contribution in [-0.2, 0) is 0 Å². The summed E-state index contributed by atoms with van der Waals surface area (Å²) in [6, 6.07) is 8.44. The van der Waals surface area contributed by atoms with Crippen molar-refractivity contribution in [3.63, 3.8) is 0 Å². The largest absolute Gasteiger partial charge is 0.508 e. The van der Waals surface area contributed by atoms with Crippen molar-refractivity contribution in [1.82, 2.24) is 0 Å². The summed E-state index contributed by atoms with van der Waals surface area (Å²) in [6.45, 7) is 3.28. The van der Waals surface area contributed by atoms with Gasteiger partial charge in [-0.2, -0.15) is 0 Å². The fourth-order valence-electron chi connectivity index (χ4n) is 1.88. The minimum Gasteiger partial charge on any atom is -0.508 e. The predicted molar refractivity (Wildman–Crippen MR) is 71.2 cm³/mol. The van der Waals surface area contributed by atoms with Gasteiger partial charge in [0.2, 0.25) is 0 Å². The Morgan fingerprint density at radius 2 is 1.68 bits per heavy atom. The molecule has 0 radical (unpaired) electrons. The molecule has 2 rings (SSSR count). The highest BCUT2D eigenvalue weighted by Crippen LogP contribution is 2.24. The van der Waals surface area contributed by atoms with E-state index in [2.05, 4.69) is 5.32 Å². The summed E-state index contributed by atoms with van der Waals surface area (Å²) in [7, 11) is 0. The number of phenolic OH excluding ortho intramolecular Hbond substituents is 1. The number of benzene rings is 2. The molecule has 0 aliphatic rings. The minimum absolute atomic E-state index is 0.158. The van der Waals surface area contributed by atoms with Gasteiger partial charge in [0.25, 0.3) is 0 Å². The van der Waals surface area contributed by atoms with Crippen LogP contribution in [0, 0.1) is 18.6 Å². The molecule has 0 fully saturated rings. The Morgan fingerprint density at radius 3 is 2.32 bits per heavy atom. The summed E-state index contributed by atoms with van der Waals surface area (Å²) in [6.07, 6.45) is 0. The first-order valence-electron chi connectivity index (χ1n) is 5.98. The quantitative estimate of drug-likeness (QED) is 0.815. The van der Waals surface area contributed by atoms with Gasteiger partial charge in [-0.3, -0.25) is 0 Å². The molecule has 2 N–H and O–H groups in total. The van der Waals surface area contributed by atoms with E-state index in [-0.39, 0.29) is 22.9 Å². The van der Waals surface area contributed by atoms with Crippen LogP contribution in [0.1, 0.15) is 24.1 Å². The Morgan fingerprint density at radius 1 is 1.05 bits per heavy atom. The Kier molecular flexibility index (Phi) is 3.69. The molecule has 1 atom stereocenters. The van der Waals surface area contributed by atoms with E-state index in [1.807, 2.05) is 0 Å². The number of phenols is 1. The highest BCUT2D eigenvalue weighted by atomic mass is 19.1. The van der Waals surface area contributed by atoms with Crippen molar-refractivity contribution in [2.45, 2.75) is 19.9 Å². The molecule has 0 spiro atoms. The fourth-order valence-corrected chi connectivity index (χ4v) is 1.88. The molecule has 4 heteroatoms. The number of anilines is 1. The second-order valence-corrected chi connectivity index (χ2v) is 4.54. The Labute approximate surface area is 110 Å². The zero-order valence-corrected chi connectivity index (χ0v) is 10.7. The molecule has 1 unspecified atom stereocenters. The zero-order valence-electron chi connectivity index (χ0n) is 10.7. The molecule has 19 heavy (non-hydrogen) atoms. The third-order valence-corrected chi connectivity index (χ3v) is 2.99. The molecule has 2 aromatic rings. The van der Waals surface area contributed by atoms with Gasteiger partial charge in [-0.05, 0) is 55.8 Å². The molecule has 2 nitrogen and oxygen atoms in total. The number of nitrogens with one attached hydrogen (secondary N) is 1. The van der Waals surface area contributed by atoms with Crippen LogP contribution in [0.15, 0.2) is 36.4 Å². The van der Waals surface area contributed by atoms with E-state index in [4.69, 9.17) is 0 Å². The van der Waals surface area contributed by atoms with Crippen molar-refractivity contribution >= 4 is 5.69 Å². The topological polar surface area (TPSA) is 32.3 Å². The standard InChI is InChI=1S/C15H15F2NO/c1-9-7-15(17)13(8-14(9)16)10(2)18-11-3-5-12(19)6-4-11/h3-8,10,18-19H,1-2H3. The average Bonchev–Trinajstić information content (AvgIpc) is 2.36. The fraction of sp³-hybridized carbons (Fsp3) is 0.200. The first-order valence-corrected chi connectivity index (χ1v) is 5.98. The number of halogens is 2. The van der Waals surface area contributed by atoms with Crippen molar-refractivity contribution in [3.05, 3.63) is 59.2 Å². The van der Waals surface area contributed by atoms with Crippen LogP contribution < -0.4 is 5.32 Å². The molecular formula is C15H15F2NO. The van der Waals surface area contributed by atoms with Crippen LogP contribution >= 0.6 is 0 Å². The van der Waals surface area contributed by atoms with Gasteiger partial charge in [-0.15, -0.1) is 0 Å². The van der Waals surface area contributed by atoms with Crippen LogP contribution in [0.3, 0.4) is 0 Å². The Bertz CT molecular complexity index is 581. The second kappa shape index (κ2) is 5.26. The summed E-state index contributed by atoms with van der Waals surface area (Å²) in [5.74, 6) is -0.695. The molecule has 0 saturated heterocycles. The molecule has 0 saturated carbocycles. The summed E-state index contributed by atoms with van der Waals surface area (Å²) in [5, 5.41) is 12.2. The van der Waals surface area contributed by atoms with E-state index >= 15 is 0 Å². The van der Waals surface area contributed by atoms with E-state index in [0.717, 1.165) is 5.69 Å². The third-order valence-electron chi connectivity index (χ3n) is 2.99. The maximum absolute atomic E-state index is 13.8. The lowest BCUT2D eigenvalue weighted by Crippen LogP contribution is -2.09. The van der Waals surface area contributed by atoms with Crippen molar-refractivity contribution in [2.24, 2.45) is 0 Å². The minimum atomic E-state index is -0.433. The lowest BCUT2D eigenvalue weighted by atomic mass is 10.0. The Hall–Kier alpha value is -2.10. The van der Waals surface area contributed by atoms with Gasteiger partial charge in [-0.25, -0.2) is 8.78 Å². The van der Waals surface area contributed by atoms with Gasteiger partial charge in [0.15, 0.2) is 0 Å². The normalized spacial score (nSPS) is 12.2. The molecule has 0 bridgehead atoms. The van der Waals surface area contributed by atoms with E-state index < -0.39 is 11.6 Å². The molecule has 0 aromatic heterocycles. The first kappa shape index (κ1) is 13.3. The zero-order chi connectivity index (χ0) is 14.0. The molecule has 0 heterocycles. The van der Waals surface area contributed by atoms with Gasteiger partial charge in [-0.1, -0.05) is 0 Å². The Balaban J connectivity index is 2.22. The van der Waals surface area contributed by atoms with Crippen LogP contribution in [-0.4, -0.2) is 5.11 Å². The number of rotatable bonds is 3. The van der Waals surface area contributed by atoms with Crippen LogP contribution in [0.4, 0.5) is 14.5 Å². The summed E-state index contributed by atoms with van der Waals surface area (Å²) in [4.78, 5) is 0. The smallest absolute Gasteiger partial charge is 0.128 e. The molecule has 2 aromatic carbocycles. The number of hydrogen-bond donors (Lipinski definition) is 2. The van der Waals surface area contributed by atoms with E-state index in [1.165, 1.54) is 31.2 Å². The monoisotopic (exact) mass is 263 g/mol. The highest BCUT2D eigenvalue weighted by Gasteiger charge is 2.13. The molecule has 0 amide bonds. The summed E-state index contributed by atoms with van der Waals surface area (Å²) in [5.41, 5.74) is 1.29. The first-order chi connectivity index (χ1) is 8.97. The average molecular weight is 263 g/mol. The molecular weight excluding hydrogens is 248 g/mol. The SMILES string of the molecule is Cc1cc(F)c(C(C)Nc2ccc(O)cc2)cc1F. The van der Waals surface area contributed by atoms with E-state index in [0.29, 0.717) is 0 Å². The number of hydrogen-bond acceptors (Lipinski definition) is 2. The summed E-state index contributed by atoms with van der Waals surface area (Å²) < 4.78 is 27.3. The molecule has 0 aliphatic carbocycles. The third kappa shape index (κ3) is 3.02. The van der Waals surface area contributed by atoms with Crippen molar-refractivity contribution in [3.8, 4) is 5.75 Å². The van der Waals surface area contributed by atoms with Crippen LogP contribution in [0.25, 0.3) is 0 Å². The molecule has 0 aliphatic heterocycles. The predicted octanol–water partition coefficient (Wildman–Crippen LogP) is 4.15. The lowest BCUT2D eigenvalue weighted by Gasteiger charge is -2.17. The van der Waals surface area contributed by atoms with Gasteiger partial charge < -0.3 is 10.4 Å². The summed E-state index contributed by atoms with van der Waals surface area (Å²) >= 11 is 0. The second-order valence-electron chi connectivity index (χ2n) is 4.54. The highest BCUT2D eigenvalue weighted by molar-refractivity contribution is 5.48. The van der Waals surface area contributed by atoms with Crippen LogP contribution in [0.5, 0.6) is 5.75 Å². The van der Waals surface area contributed by atoms with Gasteiger partial charge in [0, 0.05) is 11.3 Å². The van der Waals surface area contributed by atoms with Gasteiger partial charge in [0.05, 0.1) is 6.04 Å². The molecule has 100 valence electrons. The van der Waals surface area contributed by atoms with Gasteiger partial charge in [0.1, 0.15) is 17.4 Å². The maximum Gasteiger partial charge on any atom is 0.128 e. The van der Waals surface area contributed by atoms with Crippen molar-refractivity contribution in [1.29, 1.82) is 0 Å². The lowest BCUT2D eigenvalue weighted by molar-refractivity contribution is 0.475. The van der Waals surface area contributed by atoms with Crippen LogP contribution in [0.2, 0.25) is 0 Å². The maximum atomic E-state index is 13.8. The van der Waals surface area contributed by atoms with Gasteiger partial charge >= 0.3 is 0 Å². The number of aryl methyl sites for hydroxylation is 1. The van der Waals surface area contributed by atoms with Crippen molar-refractivity contribution < 1.29 is 13.9 Å².